The van der Waals surface area contributed by atoms with E-state index in [0.717, 1.165) is 32.7 Å². The molecule has 5 nitrogen and oxygen atoms in total. The molecule has 0 spiro atoms. The molecule has 0 aliphatic carbocycles. The van der Waals surface area contributed by atoms with Gasteiger partial charge >= 0.3 is 0 Å². The van der Waals surface area contributed by atoms with Crippen molar-refractivity contribution in [1.29, 1.82) is 0 Å². The molecule has 1 aliphatic rings. The van der Waals surface area contributed by atoms with Gasteiger partial charge in [-0.2, -0.15) is 0 Å². The van der Waals surface area contributed by atoms with Gasteiger partial charge in [0.1, 0.15) is 5.75 Å². The molecule has 2 rings (SSSR count). The smallest absolute Gasteiger partial charge is 0.223 e. The fourth-order valence-electron chi connectivity index (χ4n) is 3.15. The Balaban J connectivity index is 1.78. The molecule has 5 heteroatoms. The zero-order valence-electron chi connectivity index (χ0n) is 15.9. The van der Waals surface area contributed by atoms with Crippen LogP contribution in [0.5, 0.6) is 5.75 Å². The number of Topliss-reactive ketones (excluding diaryl/α,β-unsaturated/α-hetero) is 1. The van der Waals surface area contributed by atoms with Gasteiger partial charge in [-0.3, -0.25) is 14.5 Å². The maximum Gasteiger partial charge on any atom is 0.223 e. The molecular formula is C20H30N2O3. The molecule has 0 saturated carbocycles. The number of ketones is 1. The lowest BCUT2D eigenvalue weighted by atomic mass is 9.96. The van der Waals surface area contributed by atoms with E-state index in [2.05, 4.69) is 25.7 Å². The van der Waals surface area contributed by atoms with Gasteiger partial charge in [0.2, 0.25) is 5.91 Å². The summed E-state index contributed by atoms with van der Waals surface area (Å²) in [5.74, 6) is 0.720. The second-order valence-corrected chi connectivity index (χ2v) is 7.87. The van der Waals surface area contributed by atoms with Gasteiger partial charge in [-0.05, 0) is 17.5 Å². The number of methoxy groups -OCH3 is 1. The Labute approximate surface area is 150 Å². The van der Waals surface area contributed by atoms with Gasteiger partial charge in [0, 0.05) is 51.1 Å². The highest BCUT2D eigenvalue weighted by molar-refractivity contribution is 5.98. The van der Waals surface area contributed by atoms with Crippen molar-refractivity contribution in [3.8, 4) is 5.75 Å². The minimum atomic E-state index is -0.0152. The molecule has 138 valence electrons. The Morgan fingerprint density at radius 1 is 1.08 bits per heavy atom. The van der Waals surface area contributed by atoms with Crippen molar-refractivity contribution in [2.75, 3.05) is 39.8 Å². The van der Waals surface area contributed by atoms with Gasteiger partial charge in [0.15, 0.2) is 5.78 Å². The summed E-state index contributed by atoms with van der Waals surface area (Å²) in [4.78, 5) is 28.9. The van der Waals surface area contributed by atoms with Crippen molar-refractivity contribution >= 4 is 11.7 Å². The molecule has 1 amide bonds. The van der Waals surface area contributed by atoms with Crippen LogP contribution in [0.2, 0.25) is 0 Å². The summed E-state index contributed by atoms with van der Waals surface area (Å²) in [6, 6.07) is 7.08. The van der Waals surface area contributed by atoms with Crippen molar-refractivity contribution in [2.45, 2.75) is 33.6 Å². The number of piperazine rings is 1. The first-order valence-corrected chi connectivity index (χ1v) is 8.96. The molecule has 0 N–H and O–H groups in total. The lowest BCUT2D eigenvalue weighted by molar-refractivity contribution is -0.133. The van der Waals surface area contributed by atoms with Gasteiger partial charge in [-0.1, -0.05) is 32.9 Å². The number of rotatable bonds is 6. The van der Waals surface area contributed by atoms with Crippen LogP contribution in [0.1, 0.15) is 44.0 Å². The van der Waals surface area contributed by atoms with Crippen LogP contribution in [0.25, 0.3) is 0 Å². The summed E-state index contributed by atoms with van der Waals surface area (Å²) in [7, 11) is 1.58. The molecule has 1 aromatic rings. The lowest BCUT2D eigenvalue weighted by Crippen LogP contribution is -2.50. The number of benzene rings is 1. The van der Waals surface area contributed by atoms with E-state index in [1.165, 1.54) is 0 Å². The van der Waals surface area contributed by atoms with Crippen molar-refractivity contribution < 1.29 is 14.3 Å². The number of carbonyl (C=O) groups is 2. The number of amides is 1. The Morgan fingerprint density at radius 3 is 2.36 bits per heavy atom. The van der Waals surface area contributed by atoms with Crippen molar-refractivity contribution in [1.82, 2.24) is 9.80 Å². The minimum Gasteiger partial charge on any atom is -0.497 e. The molecule has 0 unspecified atom stereocenters. The highest BCUT2D eigenvalue weighted by Gasteiger charge is 2.24. The van der Waals surface area contributed by atoms with E-state index in [4.69, 9.17) is 4.74 Å². The summed E-state index contributed by atoms with van der Waals surface area (Å²) in [5.41, 5.74) is 0.872. The maximum absolute atomic E-state index is 12.4. The fraction of sp³-hybridized carbons (Fsp3) is 0.600. The Kier molecular flexibility index (Phi) is 6.59. The maximum atomic E-state index is 12.4. The molecule has 1 heterocycles. The normalized spacial score (nSPS) is 15.9. The average Bonchev–Trinajstić information content (AvgIpc) is 2.58. The molecule has 0 radical (unpaired) electrons. The third-order valence-electron chi connectivity index (χ3n) is 4.38. The van der Waals surface area contributed by atoms with E-state index in [-0.39, 0.29) is 29.9 Å². The van der Waals surface area contributed by atoms with Crippen molar-refractivity contribution in [3.63, 3.8) is 0 Å². The largest absolute Gasteiger partial charge is 0.497 e. The second kappa shape index (κ2) is 8.48. The third kappa shape index (κ3) is 6.16. The zero-order valence-corrected chi connectivity index (χ0v) is 15.9. The van der Waals surface area contributed by atoms with Crippen LogP contribution < -0.4 is 4.74 Å². The standard InChI is InChI=1S/C20H30N2O3/c1-20(2,3)15-21-10-12-22(13-11-21)19(24)9-8-18(23)16-6-5-7-17(14-16)25-4/h5-7,14H,8-13,15H2,1-4H3. The van der Waals surface area contributed by atoms with Crippen LogP contribution in [-0.4, -0.2) is 61.3 Å². The van der Waals surface area contributed by atoms with E-state index < -0.39 is 0 Å². The quantitative estimate of drug-likeness (QED) is 0.743. The first-order chi connectivity index (χ1) is 11.8. The van der Waals surface area contributed by atoms with Crippen LogP contribution in [0.4, 0.5) is 0 Å². The number of carbonyl (C=O) groups excluding carboxylic acids is 2. The van der Waals surface area contributed by atoms with E-state index >= 15 is 0 Å². The Hall–Kier alpha value is -1.88. The highest BCUT2D eigenvalue weighted by atomic mass is 16.5. The first-order valence-electron chi connectivity index (χ1n) is 8.96. The molecule has 0 aromatic heterocycles. The fourth-order valence-corrected chi connectivity index (χ4v) is 3.15. The Bertz CT molecular complexity index is 599. The monoisotopic (exact) mass is 346 g/mol. The van der Waals surface area contributed by atoms with Gasteiger partial charge in [0.05, 0.1) is 7.11 Å². The number of ether oxygens (including phenoxy) is 1. The van der Waals surface area contributed by atoms with Crippen LogP contribution in [0, 0.1) is 5.41 Å². The van der Waals surface area contributed by atoms with E-state index in [1.807, 2.05) is 4.90 Å². The molecule has 1 aliphatic heterocycles. The van der Waals surface area contributed by atoms with Crippen molar-refractivity contribution in [2.24, 2.45) is 5.41 Å². The van der Waals surface area contributed by atoms with E-state index in [1.54, 1.807) is 31.4 Å². The first kappa shape index (κ1) is 19.4. The molecule has 0 atom stereocenters. The number of hydrogen-bond donors (Lipinski definition) is 0. The topological polar surface area (TPSA) is 49.9 Å². The Morgan fingerprint density at radius 2 is 1.76 bits per heavy atom. The molecule has 0 bridgehead atoms. The van der Waals surface area contributed by atoms with Crippen molar-refractivity contribution in [3.05, 3.63) is 29.8 Å². The molecule has 1 aromatic carbocycles. The van der Waals surface area contributed by atoms with Gasteiger partial charge in [-0.25, -0.2) is 0 Å². The second-order valence-electron chi connectivity index (χ2n) is 7.87. The lowest BCUT2D eigenvalue weighted by Gasteiger charge is -2.37. The summed E-state index contributed by atoms with van der Waals surface area (Å²) in [6.07, 6.45) is 0.517. The van der Waals surface area contributed by atoms with Gasteiger partial charge in [0.25, 0.3) is 0 Å². The van der Waals surface area contributed by atoms with Crippen LogP contribution in [0.15, 0.2) is 24.3 Å². The average molecular weight is 346 g/mol. The molecule has 1 saturated heterocycles. The van der Waals surface area contributed by atoms with E-state index in [0.29, 0.717) is 11.3 Å². The zero-order chi connectivity index (χ0) is 18.4. The molecule has 1 fully saturated rings. The third-order valence-corrected chi connectivity index (χ3v) is 4.38. The van der Waals surface area contributed by atoms with Crippen LogP contribution in [0.3, 0.4) is 0 Å². The van der Waals surface area contributed by atoms with Crippen LogP contribution in [-0.2, 0) is 4.79 Å². The van der Waals surface area contributed by atoms with Gasteiger partial charge in [-0.15, -0.1) is 0 Å². The minimum absolute atomic E-state index is 0.0152. The van der Waals surface area contributed by atoms with E-state index in [9.17, 15) is 9.59 Å². The van der Waals surface area contributed by atoms with Crippen LogP contribution >= 0.6 is 0 Å². The predicted molar refractivity (Wildman–Crippen MR) is 99.0 cm³/mol. The van der Waals surface area contributed by atoms with Gasteiger partial charge < -0.3 is 9.64 Å². The SMILES string of the molecule is COc1cccc(C(=O)CCC(=O)N2CCN(CC(C)(C)C)CC2)c1. The molecule has 25 heavy (non-hydrogen) atoms. The summed E-state index contributed by atoms with van der Waals surface area (Å²) in [5, 5.41) is 0. The summed E-state index contributed by atoms with van der Waals surface area (Å²) < 4.78 is 5.14. The number of hydrogen-bond acceptors (Lipinski definition) is 4. The molecular weight excluding hydrogens is 316 g/mol. The summed E-state index contributed by atoms with van der Waals surface area (Å²) in [6.45, 7) is 11.1. The number of nitrogens with zero attached hydrogens (tertiary/aromatic N) is 2. The highest BCUT2D eigenvalue weighted by Crippen LogP contribution is 2.18. The summed E-state index contributed by atoms with van der Waals surface area (Å²) >= 11 is 0. The predicted octanol–water partition coefficient (Wildman–Crippen LogP) is 2.85.